The van der Waals surface area contributed by atoms with Crippen molar-refractivity contribution in [2.45, 2.75) is 32.4 Å². The molecule has 0 saturated heterocycles. The van der Waals surface area contributed by atoms with Crippen LogP contribution in [0.1, 0.15) is 19.5 Å². The second-order valence-electron chi connectivity index (χ2n) is 5.96. The van der Waals surface area contributed by atoms with Gasteiger partial charge in [-0.25, -0.2) is 9.48 Å². The van der Waals surface area contributed by atoms with Gasteiger partial charge in [-0.15, -0.1) is 5.10 Å². The molecule has 0 spiro atoms. The number of aromatic nitrogens is 3. The summed E-state index contributed by atoms with van der Waals surface area (Å²) in [7, 11) is 0. The molecule has 0 aliphatic rings. The Morgan fingerprint density at radius 2 is 1.83 bits per heavy atom. The molecule has 1 aromatic carbocycles. The zero-order valence-electron chi connectivity index (χ0n) is 13.7. The zero-order valence-corrected chi connectivity index (χ0v) is 13.7. The van der Waals surface area contributed by atoms with Gasteiger partial charge in [-0.05, 0) is 38.1 Å². The molecule has 0 aliphatic carbocycles. The summed E-state index contributed by atoms with van der Waals surface area (Å²) in [6, 6.07) is 6.71. The number of ether oxygens (including phenoxy) is 2. The van der Waals surface area contributed by atoms with Crippen LogP contribution in [-0.4, -0.2) is 50.0 Å². The van der Waals surface area contributed by atoms with E-state index in [1.54, 1.807) is 49.0 Å². The number of carbonyl (C=O) groups is 1. The lowest BCUT2D eigenvalue weighted by Gasteiger charge is -2.13. The molecule has 0 radical (unpaired) electrons. The van der Waals surface area contributed by atoms with Crippen molar-refractivity contribution < 1.29 is 24.5 Å². The minimum Gasteiger partial charge on any atom is -0.492 e. The van der Waals surface area contributed by atoms with Gasteiger partial charge >= 0.3 is 5.97 Å². The maximum atomic E-state index is 10.4. The maximum absolute atomic E-state index is 10.4. The predicted molar refractivity (Wildman–Crippen MR) is 85.1 cm³/mol. The number of aliphatic carboxylic acids is 1. The van der Waals surface area contributed by atoms with E-state index in [9.17, 15) is 9.90 Å². The van der Waals surface area contributed by atoms with Gasteiger partial charge < -0.3 is 19.7 Å². The molecule has 1 heterocycles. The van der Waals surface area contributed by atoms with Crippen LogP contribution in [0.2, 0.25) is 0 Å². The lowest BCUT2D eigenvalue weighted by Crippen LogP contribution is -2.22. The molecule has 8 nitrogen and oxygen atoms in total. The monoisotopic (exact) mass is 335 g/mol. The second-order valence-corrected chi connectivity index (χ2v) is 5.96. The van der Waals surface area contributed by atoms with Crippen molar-refractivity contribution in [3.05, 3.63) is 36.2 Å². The smallest absolute Gasteiger partial charge is 0.341 e. The number of carboxylic acids is 1. The first-order chi connectivity index (χ1) is 11.3. The van der Waals surface area contributed by atoms with E-state index in [0.29, 0.717) is 31.1 Å². The Bertz CT molecular complexity index is 661. The van der Waals surface area contributed by atoms with Gasteiger partial charge in [0.1, 0.15) is 18.1 Å². The minimum absolute atomic E-state index is 0.376. The zero-order chi connectivity index (χ0) is 17.6. The number of hydrogen-bond donors (Lipinski definition) is 2. The largest absolute Gasteiger partial charge is 0.492 e. The van der Waals surface area contributed by atoms with Gasteiger partial charge in [0, 0.05) is 12.6 Å². The third-order valence-corrected chi connectivity index (χ3v) is 2.97. The van der Waals surface area contributed by atoms with Gasteiger partial charge in [-0.1, -0.05) is 5.21 Å². The Morgan fingerprint density at radius 1 is 1.21 bits per heavy atom. The topological polar surface area (TPSA) is 107 Å². The minimum atomic E-state index is -1.02. The third kappa shape index (κ3) is 6.25. The summed E-state index contributed by atoms with van der Waals surface area (Å²) >= 11 is 0. The Hall–Kier alpha value is -2.61. The van der Waals surface area contributed by atoms with Gasteiger partial charge in [-0.2, -0.15) is 0 Å². The normalized spacial score (nSPS) is 11.3. The van der Waals surface area contributed by atoms with E-state index in [0.717, 1.165) is 5.69 Å². The molecular weight excluding hydrogens is 314 g/mol. The van der Waals surface area contributed by atoms with Gasteiger partial charge in [0.15, 0.2) is 6.61 Å². The number of nitrogens with zero attached hydrogens (tertiary/aromatic N) is 3. The molecule has 0 aliphatic heterocycles. The third-order valence-electron chi connectivity index (χ3n) is 2.97. The summed E-state index contributed by atoms with van der Waals surface area (Å²) in [6.07, 6.45) is 2.22. The highest BCUT2D eigenvalue weighted by atomic mass is 16.5. The molecule has 8 heteroatoms. The van der Waals surface area contributed by atoms with E-state index >= 15 is 0 Å². The first-order valence-electron chi connectivity index (χ1n) is 7.51. The number of hydrogen-bond acceptors (Lipinski definition) is 6. The van der Waals surface area contributed by atoms with Crippen molar-refractivity contribution in [2.75, 3.05) is 13.2 Å². The second kappa shape index (κ2) is 7.78. The molecule has 1 aromatic heterocycles. The van der Waals surface area contributed by atoms with E-state index in [1.807, 2.05) is 0 Å². The van der Waals surface area contributed by atoms with Crippen LogP contribution < -0.4 is 9.47 Å². The molecule has 0 unspecified atom stereocenters. The van der Waals surface area contributed by atoms with E-state index in [4.69, 9.17) is 14.6 Å². The Labute approximate surface area is 139 Å². The van der Waals surface area contributed by atoms with E-state index in [2.05, 4.69) is 10.3 Å². The molecule has 2 rings (SSSR count). The predicted octanol–water partition coefficient (Wildman–Crippen LogP) is 1.13. The molecule has 0 bridgehead atoms. The molecule has 2 N–H and O–H groups in total. The van der Waals surface area contributed by atoms with Crippen LogP contribution in [0, 0.1) is 0 Å². The summed E-state index contributed by atoms with van der Waals surface area (Å²) in [5.74, 6) is 0.0962. The van der Waals surface area contributed by atoms with Crippen LogP contribution in [0.25, 0.3) is 0 Å². The standard InChI is InChI=1S/C16H21N3O5/c1-16(2,22)9-12-10-19(18-17-12)7-8-23-13-3-5-14(6-4-13)24-11-15(20)21/h3-6,10,22H,7-9,11H2,1-2H3,(H,20,21). The van der Waals surface area contributed by atoms with Crippen molar-refractivity contribution in [3.8, 4) is 11.5 Å². The van der Waals surface area contributed by atoms with Crippen LogP contribution in [-0.2, 0) is 17.8 Å². The van der Waals surface area contributed by atoms with Crippen LogP contribution in [0.5, 0.6) is 11.5 Å². The van der Waals surface area contributed by atoms with E-state index in [1.165, 1.54) is 0 Å². The molecule has 2 aromatic rings. The Balaban J connectivity index is 1.76. The maximum Gasteiger partial charge on any atom is 0.341 e. The Kier molecular flexibility index (Phi) is 5.75. The van der Waals surface area contributed by atoms with Crippen LogP contribution in [0.4, 0.5) is 0 Å². The van der Waals surface area contributed by atoms with Crippen LogP contribution in [0.3, 0.4) is 0 Å². The number of carboxylic acid groups (broad SMARTS) is 1. The lowest BCUT2D eigenvalue weighted by molar-refractivity contribution is -0.139. The average Bonchev–Trinajstić information content (AvgIpc) is 2.91. The number of aliphatic hydroxyl groups is 1. The average molecular weight is 335 g/mol. The number of rotatable bonds is 9. The lowest BCUT2D eigenvalue weighted by atomic mass is 10.0. The van der Waals surface area contributed by atoms with Crippen molar-refractivity contribution >= 4 is 5.97 Å². The van der Waals surface area contributed by atoms with Crippen molar-refractivity contribution in [2.24, 2.45) is 0 Å². The molecule has 130 valence electrons. The molecule has 0 fully saturated rings. The van der Waals surface area contributed by atoms with Crippen molar-refractivity contribution in [1.29, 1.82) is 0 Å². The fraction of sp³-hybridized carbons (Fsp3) is 0.438. The van der Waals surface area contributed by atoms with Crippen molar-refractivity contribution in [1.82, 2.24) is 15.0 Å². The molecular formula is C16H21N3O5. The van der Waals surface area contributed by atoms with Crippen molar-refractivity contribution in [3.63, 3.8) is 0 Å². The fourth-order valence-corrected chi connectivity index (χ4v) is 2.01. The first-order valence-corrected chi connectivity index (χ1v) is 7.51. The molecule has 0 saturated carbocycles. The molecule has 0 atom stereocenters. The van der Waals surface area contributed by atoms with Gasteiger partial charge in [0.25, 0.3) is 0 Å². The highest BCUT2D eigenvalue weighted by Gasteiger charge is 2.15. The Morgan fingerprint density at radius 3 is 2.42 bits per heavy atom. The highest BCUT2D eigenvalue weighted by Crippen LogP contribution is 2.17. The van der Waals surface area contributed by atoms with Gasteiger partial charge in [0.2, 0.25) is 0 Å². The fourth-order valence-electron chi connectivity index (χ4n) is 2.01. The van der Waals surface area contributed by atoms with E-state index < -0.39 is 11.6 Å². The summed E-state index contributed by atoms with van der Waals surface area (Å²) in [5.41, 5.74) is -0.0932. The summed E-state index contributed by atoms with van der Waals surface area (Å²) in [4.78, 5) is 10.4. The first kappa shape index (κ1) is 17.7. The summed E-state index contributed by atoms with van der Waals surface area (Å²) in [5, 5.41) is 26.3. The molecule has 0 amide bonds. The van der Waals surface area contributed by atoms with Crippen LogP contribution in [0.15, 0.2) is 30.5 Å². The SMILES string of the molecule is CC(C)(O)Cc1cn(CCOc2ccc(OCC(=O)O)cc2)nn1. The number of benzene rings is 1. The van der Waals surface area contributed by atoms with Gasteiger partial charge in [0.05, 0.1) is 17.8 Å². The molecule has 24 heavy (non-hydrogen) atoms. The van der Waals surface area contributed by atoms with Gasteiger partial charge in [-0.3, -0.25) is 0 Å². The highest BCUT2D eigenvalue weighted by molar-refractivity contribution is 5.68. The quantitative estimate of drug-likeness (QED) is 0.707. The summed E-state index contributed by atoms with van der Waals surface area (Å²) in [6.45, 7) is 3.99. The van der Waals surface area contributed by atoms with Crippen LogP contribution >= 0.6 is 0 Å². The van der Waals surface area contributed by atoms with E-state index in [-0.39, 0.29) is 6.61 Å². The summed E-state index contributed by atoms with van der Waals surface area (Å²) < 4.78 is 12.3.